The fraction of sp³-hybridized carbons (Fsp3) is 0.235. The first-order valence-corrected chi connectivity index (χ1v) is 7.40. The van der Waals surface area contributed by atoms with E-state index in [9.17, 15) is 19.5 Å². The van der Waals surface area contributed by atoms with Crippen molar-refractivity contribution >= 4 is 17.0 Å². The second-order valence-corrected chi connectivity index (χ2v) is 5.79. The molecule has 3 rings (SSSR count). The zero-order valence-electron chi connectivity index (χ0n) is 13.6. The van der Waals surface area contributed by atoms with Gasteiger partial charge in [-0.25, -0.2) is 9.59 Å². The number of nitrogens with zero attached hydrogens (tertiary/aromatic N) is 3. The van der Waals surface area contributed by atoms with E-state index in [1.807, 2.05) is 31.2 Å². The van der Waals surface area contributed by atoms with Crippen molar-refractivity contribution in [3.8, 4) is 0 Å². The van der Waals surface area contributed by atoms with Crippen LogP contribution in [0.2, 0.25) is 0 Å². The van der Waals surface area contributed by atoms with E-state index in [0.717, 1.165) is 15.7 Å². The van der Waals surface area contributed by atoms with Gasteiger partial charge in [0.15, 0.2) is 0 Å². The predicted octanol–water partition coefficient (Wildman–Crippen LogP) is 1.09. The highest BCUT2D eigenvalue weighted by atomic mass is 16.4. The number of carboxylic acid groups (broad SMARTS) is 1. The zero-order valence-corrected chi connectivity index (χ0v) is 13.6. The van der Waals surface area contributed by atoms with Crippen molar-refractivity contribution in [3.63, 3.8) is 0 Å². The van der Waals surface area contributed by atoms with E-state index in [0.29, 0.717) is 5.65 Å². The van der Waals surface area contributed by atoms with Crippen LogP contribution in [-0.4, -0.2) is 24.8 Å². The predicted molar refractivity (Wildman–Crippen MR) is 89.7 cm³/mol. The summed E-state index contributed by atoms with van der Waals surface area (Å²) in [6.45, 7) is 2.19. The molecule has 0 spiro atoms. The van der Waals surface area contributed by atoms with Crippen LogP contribution in [0.5, 0.6) is 0 Å². The maximum absolute atomic E-state index is 12.4. The number of rotatable bonds is 3. The molecule has 0 aliphatic rings. The molecule has 0 atom stereocenters. The first kappa shape index (κ1) is 15.8. The maximum atomic E-state index is 12.4. The van der Waals surface area contributed by atoms with Crippen molar-refractivity contribution in [2.75, 3.05) is 0 Å². The number of fused-ring (bicyclic) bond motifs is 1. The van der Waals surface area contributed by atoms with Crippen LogP contribution in [0.15, 0.2) is 39.9 Å². The highest BCUT2D eigenvalue weighted by Gasteiger charge is 2.21. The quantitative estimate of drug-likeness (QED) is 0.780. The van der Waals surface area contributed by atoms with Gasteiger partial charge in [-0.3, -0.25) is 13.9 Å². The van der Waals surface area contributed by atoms with Gasteiger partial charge in [-0.1, -0.05) is 24.3 Å². The largest absolute Gasteiger partial charge is 0.477 e. The summed E-state index contributed by atoms with van der Waals surface area (Å²) in [5.74, 6) is -1.14. The standard InChI is InChI=1S/C17H17N3O4/c1-10-6-4-5-7-11(10)9-20-13(16(22)23)8-12-14(20)18(2)17(24)19(3)15(12)21/h4-8H,9H2,1-3H3,(H,22,23). The van der Waals surface area contributed by atoms with Gasteiger partial charge < -0.3 is 9.67 Å². The van der Waals surface area contributed by atoms with Crippen LogP contribution >= 0.6 is 0 Å². The van der Waals surface area contributed by atoms with Crippen molar-refractivity contribution in [3.05, 3.63) is 68.0 Å². The average molecular weight is 327 g/mol. The normalized spacial score (nSPS) is 11.1. The topological polar surface area (TPSA) is 86.2 Å². The Morgan fingerprint density at radius 2 is 1.79 bits per heavy atom. The van der Waals surface area contributed by atoms with Crippen LogP contribution in [0.25, 0.3) is 11.0 Å². The lowest BCUT2D eigenvalue weighted by atomic mass is 10.1. The van der Waals surface area contributed by atoms with Gasteiger partial charge in [0, 0.05) is 14.1 Å². The van der Waals surface area contributed by atoms with Gasteiger partial charge in [-0.2, -0.15) is 0 Å². The van der Waals surface area contributed by atoms with E-state index in [1.54, 1.807) is 0 Å². The lowest BCUT2D eigenvalue weighted by molar-refractivity contribution is 0.0686. The second-order valence-electron chi connectivity index (χ2n) is 5.79. The van der Waals surface area contributed by atoms with Crippen molar-refractivity contribution in [1.29, 1.82) is 0 Å². The molecule has 0 fully saturated rings. The summed E-state index contributed by atoms with van der Waals surface area (Å²) < 4.78 is 3.79. The highest BCUT2D eigenvalue weighted by Crippen LogP contribution is 2.19. The van der Waals surface area contributed by atoms with Crippen LogP contribution in [0, 0.1) is 6.92 Å². The van der Waals surface area contributed by atoms with E-state index in [1.165, 1.54) is 29.3 Å². The molecule has 1 aromatic carbocycles. The smallest absolute Gasteiger partial charge is 0.352 e. The van der Waals surface area contributed by atoms with Gasteiger partial charge in [0.05, 0.1) is 11.9 Å². The molecule has 1 N–H and O–H groups in total. The average Bonchev–Trinajstić information content (AvgIpc) is 2.93. The third-order valence-corrected chi connectivity index (χ3v) is 4.30. The molecule has 0 radical (unpaired) electrons. The van der Waals surface area contributed by atoms with Crippen molar-refractivity contribution in [2.45, 2.75) is 13.5 Å². The molecule has 0 saturated carbocycles. The van der Waals surface area contributed by atoms with Gasteiger partial charge in [0.1, 0.15) is 11.3 Å². The molecule has 0 aliphatic heterocycles. The molecule has 7 nitrogen and oxygen atoms in total. The van der Waals surface area contributed by atoms with Crippen molar-refractivity contribution < 1.29 is 9.90 Å². The van der Waals surface area contributed by atoms with E-state index in [4.69, 9.17) is 0 Å². The molecule has 2 heterocycles. The molecule has 0 amide bonds. The van der Waals surface area contributed by atoms with Gasteiger partial charge >= 0.3 is 11.7 Å². The Balaban J connectivity index is 2.40. The number of aryl methyl sites for hydroxylation is 2. The molecular formula is C17H17N3O4. The minimum atomic E-state index is -1.14. The fourth-order valence-corrected chi connectivity index (χ4v) is 2.94. The molecule has 0 unspecified atom stereocenters. The van der Waals surface area contributed by atoms with Crippen LogP contribution in [0.1, 0.15) is 21.6 Å². The number of aromatic nitrogens is 3. The monoisotopic (exact) mass is 327 g/mol. The van der Waals surface area contributed by atoms with Crippen molar-refractivity contribution in [1.82, 2.24) is 13.7 Å². The van der Waals surface area contributed by atoms with E-state index >= 15 is 0 Å². The molecule has 3 aromatic rings. The molecule has 7 heteroatoms. The number of benzene rings is 1. The SMILES string of the molecule is Cc1ccccc1Cn1c(C(=O)O)cc2c(=O)n(C)c(=O)n(C)c21. The summed E-state index contributed by atoms with van der Waals surface area (Å²) in [6, 6.07) is 8.92. The summed E-state index contributed by atoms with van der Waals surface area (Å²) in [5.41, 5.74) is 1.22. The Kier molecular flexibility index (Phi) is 3.63. The molecule has 0 aliphatic carbocycles. The number of carbonyl (C=O) groups is 1. The molecule has 124 valence electrons. The number of carboxylic acids is 1. The van der Waals surface area contributed by atoms with Crippen LogP contribution < -0.4 is 11.2 Å². The second kappa shape index (κ2) is 5.52. The van der Waals surface area contributed by atoms with Gasteiger partial charge in [0.25, 0.3) is 5.56 Å². The Morgan fingerprint density at radius 3 is 2.42 bits per heavy atom. The fourth-order valence-electron chi connectivity index (χ4n) is 2.94. The highest BCUT2D eigenvalue weighted by molar-refractivity contribution is 5.93. The van der Waals surface area contributed by atoms with E-state index in [2.05, 4.69) is 0 Å². The van der Waals surface area contributed by atoms with E-state index in [-0.39, 0.29) is 17.6 Å². The number of hydrogen-bond acceptors (Lipinski definition) is 3. The maximum Gasteiger partial charge on any atom is 0.352 e. The molecule has 2 aromatic heterocycles. The summed E-state index contributed by atoms with van der Waals surface area (Å²) in [6.07, 6.45) is 0. The third kappa shape index (κ3) is 2.25. The summed E-state index contributed by atoms with van der Waals surface area (Å²) in [7, 11) is 2.91. The Bertz CT molecular complexity index is 1090. The van der Waals surface area contributed by atoms with Crippen LogP contribution in [-0.2, 0) is 20.6 Å². The molecule has 0 saturated heterocycles. The Hall–Kier alpha value is -3.09. The van der Waals surface area contributed by atoms with Gasteiger partial charge in [-0.15, -0.1) is 0 Å². The minimum Gasteiger partial charge on any atom is -0.477 e. The summed E-state index contributed by atoms with van der Waals surface area (Å²) in [5, 5.41) is 9.73. The number of aromatic carboxylic acids is 1. The Labute approximate surface area is 137 Å². The van der Waals surface area contributed by atoms with Crippen molar-refractivity contribution in [2.24, 2.45) is 14.1 Å². The van der Waals surface area contributed by atoms with Crippen LogP contribution in [0.4, 0.5) is 0 Å². The molecular weight excluding hydrogens is 310 g/mol. The van der Waals surface area contributed by atoms with Gasteiger partial charge in [0.2, 0.25) is 0 Å². The molecule has 0 bridgehead atoms. The van der Waals surface area contributed by atoms with Crippen LogP contribution in [0.3, 0.4) is 0 Å². The lowest BCUT2D eigenvalue weighted by Gasteiger charge is -2.13. The first-order chi connectivity index (χ1) is 11.3. The zero-order chi connectivity index (χ0) is 17.6. The summed E-state index contributed by atoms with van der Waals surface area (Å²) >= 11 is 0. The molecule has 24 heavy (non-hydrogen) atoms. The first-order valence-electron chi connectivity index (χ1n) is 7.40. The summed E-state index contributed by atoms with van der Waals surface area (Å²) in [4.78, 5) is 36.2. The third-order valence-electron chi connectivity index (χ3n) is 4.30. The minimum absolute atomic E-state index is 0.0217. The van der Waals surface area contributed by atoms with E-state index < -0.39 is 17.2 Å². The lowest BCUT2D eigenvalue weighted by Crippen LogP contribution is -2.37. The van der Waals surface area contributed by atoms with Gasteiger partial charge in [-0.05, 0) is 24.1 Å². The Morgan fingerprint density at radius 1 is 1.12 bits per heavy atom. The number of hydrogen-bond donors (Lipinski definition) is 1.